The summed E-state index contributed by atoms with van der Waals surface area (Å²) in [4.78, 5) is -0.0741. The number of hydrogen-bond donors (Lipinski definition) is 1. The minimum absolute atomic E-state index is 0. The van der Waals surface area contributed by atoms with E-state index in [2.05, 4.69) is 0 Å². The molecule has 0 saturated heterocycles. The van der Waals surface area contributed by atoms with Crippen LogP contribution in [-0.2, 0) is 10.1 Å². The first-order valence-corrected chi connectivity index (χ1v) is 4.07. The van der Waals surface area contributed by atoms with Crippen molar-refractivity contribution >= 4 is 68.3 Å². The van der Waals surface area contributed by atoms with E-state index in [1.807, 2.05) is 0 Å². The van der Waals surface area contributed by atoms with Crippen LogP contribution in [0.15, 0.2) is 35.2 Å². The van der Waals surface area contributed by atoms with Crippen LogP contribution in [0.3, 0.4) is 0 Å². The third kappa shape index (κ3) is 3.91. The van der Waals surface area contributed by atoms with Crippen molar-refractivity contribution in [1.82, 2.24) is 0 Å². The topological polar surface area (TPSA) is 54.4 Å². The summed E-state index contributed by atoms with van der Waals surface area (Å²) in [6.07, 6.45) is 0. The standard InChI is InChI=1S/C6H6O3S.Rb/c7-10(8,9)6-4-2-1-3-5-6;/h1-5H,(H,7,8,9);. The van der Waals surface area contributed by atoms with E-state index in [0.29, 0.717) is 0 Å². The van der Waals surface area contributed by atoms with E-state index in [9.17, 15) is 8.42 Å². The van der Waals surface area contributed by atoms with E-state index in [1.54, 1.807) is 18.2 Å². The quantitative estimate of drug-likeness (QED) is 0.733. The molecule has 5 heteroatoms. The molecule has 0 heterocycles. The Bertz CT molecular complexity index is 306. The molecule has 1 aromatic rings. The Hall–Kier alpha value is 0.935. The molecule has 55 valence electrons. The number of benzene rings is 1. The maximum atomic E-state index is 10.4. The Balaban J connectivity index is 0.000001000. The van der Waals surface area contributed by atoms with Crippen molar-refractivity contribution in [2.45, 2.75) is 4.90 Å². The second-order valence-electron chi connectivity index (χ2n) is 1.79. The van der Waals surface area contributed by atoms with Crippen LogP contribution in [0, 0.1) is 0 Å². The SMILES string of the molecule is O=S(=O)(O)c1ccccc1.[Rb]. The normalized spacial score (nSPS) is 10.3. The van der Waals surface area contributed by atoms with Gasteiger partial charge in [0.25, 0.3) is 10.1 Å². The molecule has 0 saturated carbocycles. The fourth-order valence-corrected chi connectivity index (χ4v) is 1.09. The first-order valence-electron chi connectivity index (χ1n) is 2.63. The summed E-state index contributed by atoms with van der Waals surface area (Å²) in [5.41, 5.74) is 0. The van der Waals surface area contributed by atoms with Crippen molar-refractivity contribution < 1.29 is 13.0 Å². The molecular formula is C6H6O3RbS. The molecule has 1 radical (unpaired) electrons. The molecule has 11 heavy (non-hydrogen) atoms. The van der Waals surface area contributed by atoms with Crippen LogP contribution in [0.4, 0.5) is 0 Å². The molecular weight excluding hydrogens is 238 g/mol. The van der Waals surface area contributed by atoms with Crippen molar-refractivity contribution in [3.8, 4) is 0 Å². The van der Waals surface area contributed by atoms with E-state index < -0.39 is 10.1 Å². The number of rotatable bonds is 1. The number of hydrogen-bond acceptors (Lipinski definition) is 2. The third-order valence-corrected chi connectivity index (χ3v) is 1.91. The van der Waals surface area contributed by atoms with Gasteiger partial charge >= 0.3 is 0 Å². The molecule has 0 aliphatic rings. The van der Waals surface area contributed by atoms with Gasteiger partial charge in [-0.15, -0.1) is 0 Å². The van der Waals surface area contributed by atoms with Crippen LogP contribution in [0.5, 0.6) is 0 Å². The van der Waals surface area contributed by atoms with E-state index in [1.165, 1.54) is 12.1 Å². The van der Waals surface area contributed by atoms with Crippen molar-refractivity contribution in [3.05, 3.63) is 30.3 Å². The van der Waals surface area contributed by atoms with Crippen molar-refractivity contribution in [2.24, 2.45) is 0 Å². The Morgan fingerprint density at radius 1 is 1.09 bits per heavy atom. The van der Waals surface area contributed by atoms with Crippen molar-refractivity contribution in [1.29, 1.82) is 0 Å². The zero-order valence-corrected chi connectivity index (χ0v) is 11.8. The Morgan fingerprint density at radius 2 is 1.55 bits per heavy atom. The predicted octanol–water partition coefficient (Wildman–Crippen LogP) is 0.553. The molecule has 0 fully saturated rings. The summed E-state index contributed by atoms with van der Waals surface area (Å²) >= 11 is 0. The van der Waals surface area contributed by atoms with Gasteiger partial charge in [0.05, 0.1) is 4.90 Å². The first kappa shape index (κ1) is 11.9. The molecule has 0 unspecified atom stereocenters. The maximum absolute atomic E-state index is 10.4. The zero-order valence-electron chi connectivity index (χ0n) is 6.06. The largest absolute Gasteiger partial charge is 0.294 e. The monoisotopic (exact) mass is 243 g/mol. The van der Waals surface area contributed by atoms with E-state index in [0.717, 1.165) is 0 Å². The van der Waals surface area contributed by atoms with Crippen LogP contribution in [-0.4, -0.2) is 71.2 Å². The summed E-state index contributed by atoms with van der Waals surface area (Å²) in [6.45, 7) is 0. The molecule has 0 aromatic heterocycles. The molecule has 0 amide bonds. The van der Waals surface area contributed by atoms with Gasteiger partial charge in [-0.25, -0.2) is 0 Å². The average molecular weight is 244 g/mol. The van der Waals surface area contributed by atoms with Gasteiger partial charge < -0.3 is 0 Å². The average Bonchev–Trinajstić information content (AvgIpc) is 1.88. The molecule has 0 bridgehead atoms. The summed E-state index contributed by atoms with van der Waals surface area (Å²) in [7, 11) is -4.00. The van der Waals surface area contributed by atoms with Gasteiger partial charge in [-0.05, 0) is 12.1 Å². The Labute approximate surface area is 114 Å². The minimum atomic E-state index is -4.00. The van der Waals surface area contributed by atoms with Crippen LogP contribution in [0.2, 0.25) is 0 Å². The second kappa shape index (κ2) is 4.84. The van der Waals surface area contributed by atoms with Gasteiger partial charge in [0, 0.05) is 58.2 Å². The molecule has 3 nitrogen and oxygen atoms in total. The fraction of sp³-hybridized carbons (Fsp3) is 0. The van der Waals surface area contributed by atoms with E-state index in [-0.39, 0.29) is 63.1 Å². The molecule has 1 N–H and O–H groups in total. The van der Waals surface area contributed by atoms with Crippen LogP contribution < -0.4 is 0 Å². The van der Waals surface area contributed by atoms with E-state index in [4.69, 9.17) is 4.55 Å². The Morgan fingerprint density at radius 3 is 1.82 bits per heavy atom. The molecule has 1 aromatic carbocycles. The van der Waals surface area contributed by atoms with Crippen LogP contribution in [0.1, 0.15) is 0 Å². The molecule has 1 rings (SSSR count). The van der Waals surface area contributed by atoms with Crippen molar-refractivity contribution in [2.75, 3.05) is 0 Å². The van der Waals surface area contributed by atoms with Crippen LogP contribution in [0.25, 0.3) is 0 Å². The second-order valence-corrected chi connectivity index (χ2v) is 3.21. The van der Waals surface area contributed by atoms with Gasteiger partial charge in [0.2, 0.25) is 0 Å². The third-order valence-electron chi connectivity index (χ3n) is 1.04. The summed E-state index contributed by atoms with van der Waals surface area (Å²) < 4.78 is 29.2. The van der Waals surface area contributed by atoms with Gasteiger partial charge in [0.15, 0.2) is 0 Å². The summed E-state index contributed by atoms with van der Waals surface area (Å²) in [5, 5.41) is 0. The van der Waals surface area contributed by atoms with Gasteiger partial charge in [-0.3, -0.25) is 4.55 Å². The summed E-state index contributed by atoms with van der Waals surface area (Å²) in [5.74, 6) is 0. The van der Waals surface area contributed by atoms with Crippen molar-refractivity contribution in [3.63, 3.8) is 0 Å². The van der Waals surface area contributed by atoms with Crippen LogP contribution >= 0.6 is 0 Å². The van der Waals surface area contributed by atoms with Gasteiger partial charge in [0.1, 0.15) is 0 Å². The Kier molecular flexibility index (Phi) is 5.25. The fourth-order valence-electron chi connectivity index (χ4n) is 0.592. The van der Waals surface area contributed by atoms with E-state index >= 15 is 0 Å². The molecule has 0 spiro atoms. The smallest absolute Gasteiger partial charge is 0.282 e. The first-order chi connectivity index (χ1) is 4.61. The predicted molar refractivity (Wildman–Crippen MR) is 42.0 cm³/mol. The molecule has 0 aliphatic heterocycles. The zero-order chi connectivity index (χ0) is 7.61. The molecule has 0 atom stereocenters. The van der Waals surface area contributed by atoms with Gasteiger partial charge in [-0.1, -0.05) is 18.2 Å². The minimum Gasteiger partial charge on any atom is -0.282 e. The van der Waals surface area contributed by atoms with Gasteiger partial charge in [-0.2, -0.15) is 8.42 Å². The molecule has 0 aliphatic carbocycles. The summed E-state index contributed by atoms with van der Waals surface area (Å²) in [6, 6.07) is 7.42. The maximum Gasteiger partial charge on any atom is 0.294 e.